The minimum absolute atomic E-state index is 0.219. The second-order valence-corrected chi connectivity index (χ2v) is 4.74. The van der Waals surface area contributed by atoms with Gasteiger partial charge in [-0.1, -0.05) is 0 Å². The molecule has 6 heteroatoms. The molecule has 0 saturated heterocycles. The summed E-state index contributed by atoms with van der Waals surface area (Å²) in [5, 5.41) is 1.22. The second kappa shape index (κ2) is 5.68. The normalized spacial score (nSPS) is 10.5. The van der Waals surface area contributed by atoms with Crippen molar-refractivity contribution in [2.45, 2.75) is 19.8 Å². The van der Waals surface area contributed by atoms with Crippen LogP contribution in [0.15, 0.2) is 22.8 Å². The highest BCUT2D eigenvalue weighted by atomic mass is 32.1. The van der Waals surface area contributed by atoms with Crippen molar-refractivity contribution < 1.29 is 13.9 Å². The quantitative estimate of drug-likeness (QED) is 0.840. The fourth-order valence-electron chi connectivity index (χ4n) is 1.52. The number of hydrogen-bond donors (Lipinski definition) is 1. The Morgan fingerprint density at radius 1 is 1.56 bits per heavy atom. The molecule has 96 valence electrons. The molecule has 0 fully saturated rings. The molecule has 0 aliphatic carbocycles. The predicted octanol–water partition coefficient (Wildman–Crippen LogP) is 2.28. The molecule has 0 aromatic carbocycles. The van der Waals surface area contributed by atoms with Crippen LogP contribution in [0.2, 0.25) is 0 Å². The lowest BCUT2D eigenvalue weighted by Crippen LogP contribution is -2.07. The average Bonchev–Trinajstić information content (AvgIpc) is 2.96. The maximum absolute atomic E-state index is 11.5. The van der Waals surface area contributed by atoms with Crippen molar-refractivity contribution >= 4 is 22.3 Å². The van der Waals surface area contributed by atoms with Crippen molar-refractivity contribution in [2.24, 2.45) is 0 Å². The Bertz CT molecular complexity index is 519. The zero-order chi connectivity index (χ0) is 13.0. The van der Waals surface area contributed by atoms with E-state index in [1.807, 2.05) is 12.1 Å². The molecule has 0 saturated carbocycles. The zero-order valence-corrected chi connectivity index (χ0v) is 10.8. The van der Waals surface area contributed by atoms with Crippen LogP contribution in [0.25, 0.3) is 0 Å². The van der Waals surface area contributed by atoms with E-state index in [2.05, 4.69) is 4.98 Å². The molecular weight excluding hydrogens is 252 g/mol. The van der Waals surface area contributed by atoms with Gasteiger partial charge in [0, 0.05) is 12.8 Å². The fourth-order valence-corrected chi connectivity index (χ4v) is 2.34. The van der Waals surface area contributed by atoms with E-state index >= 15 is 0 Å². The lowest BCUT2D eigenvalue weighted by molar-refractivity contribution is 0.0521. The fraction of sp³-hybridized carbons (Fsp3) is 0.333. The SMILES string of the molecule is CCOC(=O)c1nc(CCc2ccco2)sc1N. The van der Waals surface area contributed by atoms with E-state index in [0.717, 1.165) is 17.2 Å². The van der Waals surface area contributed by atoms with E-state index < -0.39 is 5.97 Å². The summed E-state index contributed by atoms with van der Waals surface area (Å²) < 4.78 is 10.1. The van der Waals surface area contributed by atoms with Crippen LogP contribution in [-0.4, -0.2) is 17.6 Å². The molecule has 5 nitrogen and oxygen atoms in total. The van der Waals surface area contributed by atoms with Crippen molar-refractivity contribution in [3.05, 3.63) is 34.9 Å². The first kappa shape index (κ1) is 12.6. The van der Waals surface area contributed by atoms with Gasteiger partial charge < -0.3 is 14.9 Å². The van der Waals surface area contributed by atoms with Gasteiger partial charge in [0.05, 0.1) is 17.9 Å². The highest BCUT2D eigenvalue weighted by Crippen LogP contribution is 2.23. The van der Waals surface area contributed by atoms with Crippen molar-refractivity contribution in [1.82, 2.24) is 4.98 Å². The third-order valence-electron chi connectivity index (χ3n) is 2.33. The molecular formula is C12H14N2O3S. The third kappa shape index (κ3) is 2.89. The molecule has 0 bridgehead atoms. The number of nitrogens with zero attached hydrogens (tertiary/aromatic N) is 1. The maximum atomic E-state index is 11.5. The number of carbonyl (C=O) groups excluding carboxylic acids is 1. The summed E-state index contributed by atoms with van der Waals surface area (Å²) >= 11 is 1.31. The molecule has 0 atom stereocenters. The number of carbonyl (C=O) groups is 1. The van der Waals surface area contributed by atoms with Gasteiger partial charge in [0.1, 0.15) is 10.8 Å². The van der Waals surface area contributed by atoms with E-state index in [1.165, 1.54) is 11.3 Å². The number of rotatable bonds is 5. The van der Waals surface area contributed by atoms with E-state index in [1.54, 1.807) is 13.2 Å². The van der Waals surface area contributed by atoms with Gasteiger partial charge in [-0.15, -0.1) is 11.3 Å². The zero-order valence-electron chi connectivity index (χ0n) is 10.0. The average molecular weight is 266 g/mol. The Morgan fingerprint density at radius 2 is 2.39 bits per heavy atom. The summed E-state index contributed by atoms with van der Waals surface area (Å²) in [6.45, 7) is 2.07. The van der Waals surface area contributed by atoms with Gasteiger partial charge in [0.25, 0.3) is 0 Å². The Hall–Kier alpha value is -1.82. The van der Waals surface area contributed by atoms with Crippen LogP contribution in [0.4, 0.5) is 5.00 Å². The van der Waals surface area contributed by atoms with Crippen LogP contribution in [0, 0.1) is 0 Å². The monoisotopic (exact) mass is 266 g/mol. The van der Waals surface area contributed by atoms with Crippen molar-refractivity contribution in [1.29, 1.82) is 0 Å². The number of anilines is 1. The molecule has 0 aliphatic rings. The minimum Gasteiger partial charge on any atom is -0.469 e. The minimum atomic E-state index is -0.463. The number of nitrogen functional groups attached to an aromatic ring is 1. The Labute approximate surface area is 109 Å². The first-order chi connectivity index (χ1) is 8.70. The summed E-state index contributed by atoms with van der Waals surface area (Å²) in [7, 11) is 0. The molecule has 0 aliphatic heterocycles. The third-order valence-corrected chi connectivity index (χ3v) is 3.28. The van der Waals surface area contributed by atoms with E-state index in [0.29, 0.717) is 18.0 Å². The van der Waals surface area contributed by atoms with Crippen LogP contribution >= 0.6 is 11.3 Å². The molecule has 2 aromatic rings. The van der Waals surface area contributed by atoms with Crippen LogP contribution in [-0.2, 0) is 17.6 Å². The van der Waals surface area contributed by atoms with Gasteiger partial charge in [-0.2, -0.15) is 0 Å². The molecule has 0 unspecified atom stereocenters. The number of nitrogens with two attached hydrogens (primary N) is 1. The van der Waals surface area contributed by atoms with E-state index in [9.17, 15) is 4.79 Å². The van der Waals surface area contributed by atoms with Gasteiger partial charge in [-0.25, -0.2) is 9.78 Å². The molecule has 0 spiro atoms. The van der Waals surface area contributed by atoms with Gasteiger partial charge >= 0.3 is 5.97 Å². The van der Waals surface area contributed by atoms with Crippen LogP contribution in [0.3, 0.4) is 0 Å². The van der Waals surface area contributed by atoms with Gasteiger partial charge in [0.15, 0.2) is 5.69 Å². The highest BCUT2D eigenvalue weighted by Gasteiger charge is 2.17. The standard InChI is InChI=1S/C12H14N2O3S/c1-2-16-12(15)10-11(13)18-9(14-10)6-5-8-4-3-7-17-8/h3-4,7H,2,5-6,13H2,1H3. The number of furan rings is 1. The number of aryl methyl sites for hydroxylation is 2. The summed E-state index contributed by atoms with van der Waals surface area (Å²) in [4.78, 5) is 15.7. The predicted molar refractivity (Wildman–Crippen MR) is 68.6 cm³/mol. The molecule has 18 heavy (non-hydrogen) atoms. The van der Waals surface area contributed by atoms with Crippen LogP contribution in [0.5, 0.6) is 0 Å². The van der Waals surface area contributed by atoms with Crippen molar-refractivity contribution in [3.8, 4) is 0 Å². The van der Waals surface area contributed by atoms with E-state index in [4.69, 9.17) is 14.9 Å². The number of ether oxygens (including phenoxy) is 1. The number of aromatic nitrogens is 1. The Balaban J connectivity index is 2.02. The molecule has 2 aromatic heterocycles. The van der Waals surface area contributed by atoms with Crippen molar-refractivity contribution in [2.75, 3.05) is 12.3 Å². The lowest BCUT2D eigenvalue weighted by Gasteiger charge is -1.97. The first-order valence-electron chi connectivity index (χ1n) is 5.65. The van der Waals surface area contributed by atoms with Gasteiger partial charge in [-0.05, 0) is 19.1 Å². The molecule has 2 heterocycles. The summed E-state index contributed by atoms with van der Waals surface area (Å²) in [5.74, 6) is 0.428. The summed E-state index contributed by atoms with van der Waals surface area (Å²) in [5.41, 5.74) is 5.97. The molecule has 2 N–H and O–H groups in total. The first-order valence-corrected chi connectivity index (χ1v) is 6.47. The van der Waals surface area contributed by atoms with Gasteiger partial charge in [-0.3, -0.25) is 0 Å². The topological polar surface area (TPSA) is 78.3 Å². The van der Waals surface area contributed by atoms with Gasteiger partial charge in [0.2, 0.25) is 0 Å². The van der Waals surface area contributed by atoms with E-state index in [-0.39, 0.29) is 5.69 Å². The van der Waals surface area contributed by atoms with Crippen LogP contribution < -0.4 is 5.73 Å². The number of esters is 1. The summed E-state index contributed by atoms with van der Waals surface area (Å²) in [6, 6.07) is 3.75. The second-order valence-electron chi connectivity index (χ2n) is 3.62. The number of hydrogen-bond acceptors (Lipinski definition) is 6. The Kier molecular flexibility index (Phi) is 3.99. The number of thiazole rings is 1. The largest absolute Gasteiger partial charge is 0.469 e. The summed E-state index contributed by atoms with van der Waals surface area (Å²) in [6.07, 6.45) is 3.07. The molecule has 0 amide bonds. The van der Waals surface area contributed by atoms with Crippen LogP contribution in [0.1, 0.15) is 28.2 Å². The molecule has 0 radical (unpaired) electrons. The maximum Gasteiger partial charge on any atom is 0.360 e. The Morgan fingerprint density at radius 3 is 3.06 bits per heavy atom. The lowest BCUT2D eigenvalue weighted by atomic mass is 10.2. The smallest absolute Gasteiger partial charge is 0.360 e. The highest BCUT2D eigenvalue weighted by molar-refractivity contribution is 7.15. The van der Waals surface area contributed by atoms with Crippen molar-refractivity contribution in [3.63, 3.8) is 0 Å². The molecule has 2 rings (SSSR count).